The molecule has 0 unspecified atom stereocenters. The SMILES string of the molecule is Cc1cc(N(C)Cc2ccccc2)nc(SCc2nc3ccccc3[nH]2)n1. The van der Waals surface area contributed by atoms with Gasteiger partial charge in [-0.05, 0) is 24.6 Å². The van der Waals surface area contributed by atoms with E-state index in [-0.39, 0.29) is 0 Å². The summed E-state index contributed by atoms with van der Waals surface area (Å²) in [4.78, 5) is 19.4. The van der Waals surface area contributed by atoms with Crippen molar-refractivity contribution in [1.82, 2.24) is 19.9 Å². The zero-order valence-corrected chi connectivity index (χ0v) is 16.2. The van der Waals surface area contributed by atoms with Crippen LogP contribution in [0, 0.1) is 6.92 Å². The number of aromatic nitrogens is 4. The van der Waals surface area contributed by atoms with Crippen LogP contribution in [-0.2, 0) is 12.3 Å². The molecule has 0 saturated carbocycles. The number of fused-ring (bicyclic) bond motifs is 1. The fraction of sp³-hybridized carbons (Fsp3) is 0.190. The maximum atomic E-state index is 4.73. The van der Waals surface area contributed by atoms with Gasteiger partial charge in [0.05, 0.1) is 16.8 Å². The van der Waals surface area contributed by atoms with Crippen LogP contribution < -0.4 is 4.90 Å². The van der Waals surface area contributed by atoms with E-state index in [9.17, 15) is 0 Å². The number of hydrogen-bond donors (Lipinski definition) is 1. The molecule has 5 nitrogen and oxygen atoms in total. The average Bonchev–Trinajstić information content (AvgIpc) is 3.10. The number of nitrogens with zero attached hydrogens (tertiary/aromatic N) is 4. The molecule has 2 aromatic carbocycles. The minimum Gasteiger partial charge on any atom is -0.355 e. The summed E-state index contributed by atoms with van der Waals surface area (Å²) in [7, 11) is 2.06. The van der Waals surface area contributed by atoms with Crippen molar-refractivity contribution in [2.24, 2.45) is 0 Å². The lowest BCUT2D eigenvalue weighted by Crippen LogP contribution is -2.18. The third kappa shape index (κ3) is 4.28. The van der Waals surface area contributed by atoms with E-state index < -0.39 is 0 Å². The number of rotatable bonds is 6. The van der Waals surface area contributed by atoms with Gasteiger partial charge in [-0.25, -0.2) is 15.0 Å². The highest BCUT2D eigenvalue weighted by molar-refractivity contribution is 7.98. The van der Waals surface area contributed by atoms with Crippen LogP contribution in [-0.4, -0.2) is 27.0 Å². The minimum absolute atomic E-state index is 0.708. The van der Waals surface area contributed by atoms with Crippen LogP contribution >= 0.6 is 11.8 Å². The predicted molar refractivity (Wildman–Crippen MR) is 111 cm³/mol. The summed E-state index contributed by atoms with van der Waals surface area (Å²) >= 11 is 1.60. The summed E-state index contributed by atoms with van der Waals surface area (Å²) in [5.74, 6) is 2.57. The summed E-state index contributed by atoms with van der Waals surface area (Å²) < 4.78 is 0. The molecule has 0 amide bonds. The van der Waals surface area contributed by atoms with Crippen molar-refractivity contribution in [3.8, 4) is 0 Å². The van der Waals surface area contributed by atoms with Gasteiger partial charge in [-0.3, -0.25) is 0 Å². The molecule has 1 N–H and O–H groups in total. The van der Waals surface area contributed by atoms with Crippen LogP contribution in [0.3, 0.4) is 0 Å². The molecule has 0 aliphatic carbocycles. The molecule has 0 spiro atoms. The monoisotopic (exact) mass is 375 g/mol. The summed E-state index contributed by atoms with van der Waals surface area (Å²) in [6.45, 7) is 2.82. The second kappa shape index (κ2) is 7.80. The van der Waals surface area contributed by atoms with Gasteiger partial charge in [0.2, 0.25) is 0 Å². The first-order valence-corrected chi connectivity index (χ1v) is 9.83. The normalized spacial score (nSPS) is 11.0. The van der Waals surface area contributed by atoms with E-state index in [0.29, 0.717) is 5.75 Å². The number of thioether (sulfide) groups is 1. The van der Waals surface area contributed by atoms with Crippen LogP contribution in [0.15, 0.2) is 65.8 Å². The molecule has 0 aliphatic heterocycles. The van der Waals surface area contributed by atoms with Gasteiger partial charge in [-0.1, -0.05) is 54.2 Å². The molecule has 0 bridgehead atoms. The lowest BCUT2D eigenvalue weighted by molar-refractivity contribution is 0.844. The van der Waals surface area contributed by atoms with Crippen molar-refractivity contribution in [2.45, 2.75) is 24.4 Å². The van der Waals surface area contributed by atoms with Crippen molar-refractivity contribution in [3.63, 3.8) is 0 Å². The Morgan fingerprint density at radius 1 is 0.963 bits per heavy atom. The Balaban J connectivity index is 1.48. The van der Waals surface area contributed by atoms with Gasteiger partial charge in [0.15, 0.2) is 5.16 Å². The molecule has 0 radical (unpaired) electrons. The number of aryl methyl sites for hydroxylation is 1. The summed E-state index contributed by atoms with van der Waals surface area (Å²) in [5, 5.41) is 0.769. The Kier molecular flexibility index (Phi) is 5.07. The number of aromatic amines is 1. The number of hydrogen-bond acceptors (Lipinski definition) is 5. The number of H-pyrrole nitrogens is 1. The zero-order valence-electron chi connectivity index (χ0n) is 15.4. The number of imidazole rings is 1. The lowest BCUT2D eigenvalue weighted by Gasteiger charge is -2.19. The highest BCUT2D eigenvalue weighted by Crippen LogP contribution is 2.23. The maximum Gasteiger partial charge on any atom is 0.190 e. The highest BCUT2D eigenvalue weighted by Gasteiger charge is 2.10. The first-order valence-electron chi connectivity index (χ1n) is 8.84. The minimum atomic E-state index is 0.708. The molecular formula is C21H21N5S. The van der Waals surface area contributed by atoms with Crippen molar-refractivity contribution in [1.29, 1.82) is 0 Å². The Bertz CT molecular complexity index is 1010. The molecule has 2 heterocycles. The van der Waals surface area contributed by atoms with Crippen LogP contribution in [0.25, 0.3) is 11.0 Å². The fourth-order valence-corrected chi connectivity index (χ4v) is 3.70. The van der Waals surface area contributed by atoms with Crippen LogP contribution in [0.2, 0.25) is 0 Å². The first kappa shape index (κ1) is 17.5. The van der Waals surface area contributed by atoms with Crippen LogP contribution in [0.1, 0.15) is 17.1 Å². The fourth-order valence-electron chi connectivity index (χ4n) is 2.93. The molecule has 0 saturated heterocycles. The maximum absolute atomic E-state index is 4.73. The largest absolute Gasteiger partial charge is 0.355 e. The number of nitrogens with one attached hydrogen (secondary N) is 1. The Hall–Kier alpha value is -2.86. The van der Waals surface area contributed by atoms with Crippen molar-refractivity contribution < 1.29 is 0 Å². The second-order valence-electron chi connectivity index (χ2n) is 6.48. The van der Waals surface area contributed by atoms with E-state index in [2.05, 4.69) is 51.2 Å². The molecule has 136 valence electrons. The third-order valence-corrected chi connectivity index (χ3v) is 5.11. The highest BCUT2D eigenvalue weighted by atomic mass is 32.2. The van der Waals surface area contributed by atoms with Gasteiger partial charge in [-0.2, -0.15) is 0 Å². The summed E-state index contributed by atoms with van der Waals surface area (Å²) in [5.41, 5.74) is 4.27. The van der Waals surface area contributed by atoms with E-state index in [0.717, 1.165) is 40.1 Å². The number of anilines is 1. The Morgan fingerprint density at radius 3 is 2.56 bits per heavy atom. The molecule has 0 aliphatic rings. The number of benzene rings is 2. The standard InChI is InChI=1S/C21H21N5S/c1-15-12-20(26(2)13-16-8-4-3-5-9-16)25-21(22-15)27-14-19-23-17-10-6-7-11-18(17)24-19/h3-12H,13-14H2,1-2H3,(H,23,24). The van der Waals surface area contributed by atoms with E-state index in [1.807, 2.05) is 43.3 Å². The van der Waals surface area contributed by atoms with Gasteiger partial charge >= 0.3 is 0 Å². The molecule has 4 rings (SSSR count). The molecule has 27 heavy (non-hydrogen) atoms. The van der Waals surface area contributed by atoms with Gasteiger partial charge in [0.1, 0.15) is 11.6 Å². The van der Waals surface area contributed by atoms with Crippen molar-refractivity contribution in [2.75, 3.05) is 11.9 Å². The van der Waals surface area contributed by atoms with Crippen molar-refractivity contribution in [3.05, 3.63) is 77.7 Å². The summed E-state index contributed by atoms with van der Waals surface area (Å²) in [6, 6.07) is 20.5. The molecular weight excluding hydrogens is 354 g/mol. The van der Waals surface area contributed by atoms with Gasteiger partial charge in [0.25, 0.3) is 0 Å². The smallest absolute Gasteiger partial charge is 0.190 e. The zero-order chi connectivity index (χ0) is 18.6. The van der Waals surface area contributed by atoms with Crippen LogP contribution in [0.5, 0.6) is 0 Å². The molecule has 0 atom stereocenters. The van der Waals surface area contributed by atoms with Gasteiger partial charge < -0.3 is 9.88 Å². The first-order chi connectivity index (χ1) is 13.2. The Morgan fingerprint density at radius 2 is 1.74 bits per heavy atom. The Labute approximate surface area is 162 Å². The van der Waals surface area contributed by atoms with Crippen molar-refractivity contribution >= 4 is 28.6 Å². The second-order valence-corrected chi connectivity index (χ2v) is 7.42. The van der Waals surface area contributed by atoms with Gasteiger partial charge in [0, 0.05) is 25.4 Å². The van der Waals surface area contributed by atoms with E-state index in [1.165, 1.54) is 5.56 Å². The molecule has 0 fully saturated rings. The molecule has 2 aromatic heterocycles. The third-order valence-electron chi connectivity index (χ3n) is 4.25. The van der Waals surface area contributed by atoms with E-state index >= 15 is 0 Å². The average molecular weight is 376 g/mol. The topological polar surface area (TPSA) is 57.7 Å². The van der Waals surface area contributed by atoms with Crippen LogP contribution in [0.4, 0.5) is 5.82 Å². The van der Waals surface area contributed by atoms with Gasteiger partial charge in [-0.15, -0.1) is 0 Å². The van der Waals surface area contributed by atoms with E-state index in [4.69, 9.17) is 4.98 Å². The summed E-state index contributed by atoms with van der Waals surface area (Å²) in [6.07, 6.45) is 0. The molecule has 6 heteroatoms. The quantitative estimate of drug-likeness (QED) is 0.394. The van der Waals surface area contributed by atoms with E-state index in [1.54, 1.807) is 11.8 Å². The molecule has 4 aromatic rings. The predicted octanol–water partition coefficient (Wildman–Crippen LogP) is 4.59. The number of para-hydroxylation sites is 2. The lowest BCUT2D eigenvalue weighted by atomic mass is 10.2.